The van der Waals surface area contributed by atoms with Gasteiger partial charge < -0.3 is 5.32 Å². The number of hydrogen-bond donors (Lipinski definition) is 1. The van der Waals surface area contributed by atoms with Gasteiger partial charge in [0.15, 0.2) is 0 Å². The molecule has 0 aromatic heterocycles. The Balaban J connectivity index is 1.97. The molecule has 0 amide bonds. The van der Waals surface area contributed by atoms with Crippen LogP contribution in [-0.2, 0) is 6.18 Å². The molecule has 1 nitrogen and oxygen atoms in total. The number of hydrogen-bond acceptors (Lipinski definition) is 2. The molecule has 1 aromatic carbocycles. The summed E-state index contributed by atoms with van der Waals surface area (Å²) < 4.78 is 37.4. The first-order valence-electron chi connectivity index (χ1n) is 6.48. The summed E-state index contributed by atoms with van der Waals surface area (Å²) >= 11 is 1.96. The molecule has 0 saturated carbocycles. The summed E-state index contributed by atoms with van der Waals surface area (Å²) in [7, 11) is 0. The lowest BCUT2D eigenvalue weighted by Gasteiger charge is -2.26. The van der Waals surface area contributed by atoms with Gasteiger partial charge in [0.2, 0.25) is 0 Å². The number of benzene rings is 1. The molecule has 0 bridgehead atoms. The molecule has 1 aliphatic heterocycles. The monoisotopic (exact) mass is 289 g/mol. The van der Waals surface area contributed by atoms with E-state index in [0.29, 0.717) is 6.04 Å². The van der Waals surface area contributed by atoms with E-state index in [4.69, 9.17) is 0 Å². The molecule has 106 valence electrons. The summed E-state index contributed by atoms with van der Waals surface area (Å²) in [5.74, 6) is 2.33. The first-order valence-corrected chi connectivity index (χ1v) is 7.63. The third-order valence-electron chi connectivity index (χ3n) is 3.45. The Kier molecular flexibility index (Phi) is 4.79. The van der Waals surface area contributed by atoms with E-state index in [1.807, 2.05) is 18.7 Å². The standard InChI is InChI=1S/C14H18F3NS/c1-10(18-13-6-8-19-9-7-13)11-2-4-12(5-3-11)14(15,16)17/h2-5,10,13,18H,6-9H2,1H3. The Morgan fingerprint density at radius 2 is 1.74 bits per heavy atom. The van der Waals surface area contributed by atoms with Crippen molar-refractivity contribution in [3.05, 3.63) is 35.4 Å². The molecule has 1 N–H and O–H groups in total. The summed E-state index contributed by atoms with van der Waals surface area (Å²) in [6, 6.07) is 6.03. The molecule has 0 spiro atoms. The fourth-order valence-corrected chi connectivity index (χ4v) is 3.38. The van der Waals surface area contributed by atoms with Gasteiger partial charge in [-0.15, -0.1) is 0 Å². The number of halogens is 3. The molecule has 1 aliphatic rings. The third kappa shape index (κ3) is 4.14. The van der Waals surface area contributed by atoms with Crippen molar-refractivity contribution in [2.75, 3.05) is 11.5 Å². The quantitative estimate of drug-likeness (QED) is 0.892. The fourth-order valence-electron chi connectivity index (χ4n) is 2.27. The van der Waals surface area contributed by atoms with Crippen molar-refractivity contribution in [1.29, 1.82) is 0 Å². The number of nitrogens with one attached hydrogen (secondary N) is 1. The van der Waals surface area contributed by atoms with Gasteiger partial charge in [0.1, 0.15) is 0 Å². The van der Waals surface area contributed by atoms with Crippen LogP contribution >= 0.6 is 11.8 Å². The van der Waals surface area contributed by atoms with Crippen molar-refractivity contribution in [2.45, 2.75) is 38.0 Å². The summed E-state index contributed by atoms with van der Waals surface area (Å²) in [5.41, 5.74) is 0.323. The molecule has 1 heterocycles. The second kappa shape index (κ2) is 6.18. The van der Waals surface area contributed by atoms with Crippen LogP contribution in [-0.4, -0.2) is 17.5 Å². The lowest BCUT2D eigenvalue weighted by molar-refractivity contribution is -0.137. The predicted molar refractivity (Wildman–Crippen MR) is 73.3 cm³/mol. The molecule has 0 radical (unpaired) electrons. The zero-order valence-corrected chi connectivity index (χ0v) is 11.7. The lowest BCUT2D eigenvalue weighted by atomic mass is 10.0. The molecular formula is C14H18F3NS. The van der Waals surface area contributed by atoms with Gasteiger partial charge >= 0.3 is 6.18 Å². The minimum absolute atomic E-state index is 0.0929. The van der Waals surface area contributed by atoms with Crippen molar-refractivity contribution in [1.82, 2.24) is 5.32 Å². The molecule has 5 heteroatoms. The maximum absolute atomic E-state index is 12.5. The van der Waals surface area contributed by atoms with E-state index < -0.39 is 11.7 Å². The van der Waals surface area contributed by atoms with Crippen molar-refractivity contribution < 1.29 is 13.2 Å². The minimum Gasteiger partial charge on any atom is -0.307 e. The van der Waals surface area contributed by atoms with Crippen LogP contribution in [0.1, 0.15) is 36.9 Å². The van der Waals surface area contributed by atoms with Crippen LogP contribution in [0.2, 0.25) is 0 Å². The van der Waals surface area contributed by atoms with Gasteiger partial charge in [-0.3, -0.25) is 0 Å². The average Bonchev–Trinajstić information content (AvgIpc) is 2.39. The van der Waals surface area contributed by atoms with E-state index in [2.05, 4.69) is 5.32 Å². The summed E-state index contributed by atoms with van der Waals surface area (Å²) in [6.07, 6.45) is -1.99. The largest absolute Gasteiger partial charge is 0.416 e. The molecule has 19 heavy (non-hydrogen) atoms. The lowest BCUT2D eigenvalue weighted by Crippen LogP contribution is -2.34. The van der Waals surface area contributed by atoms with Gasteiger partial charge in [0.05, 0.1) is 5.56 Å². The molecule has 1 fully saturated rings. The Morgan fingerprint density at radius 3 is 2.26 bits per heavy atom. The molecule has 0 aliphatic carbocycles. The van der Waals surface area contributed by atoms with Crippen molar-refractivity contribution in [2.24, 2.45) is 0 Å². The van der Waals surface area contributed by atoms with Gasteiger partial charge in [0.25, 0.3) is 0 Å². The maximum atomic E-state index is 12.5. The molecule has 1 atom stereocenters. The van der Waals surface area contributed by atoms with E-state index >= 15 is 0 Å². The third-order valence-corrected chi connectivity index (χ3v) is 4.49. The van der Waals surface area contributed by atoms with Gasteiger partial charge in [-0.05, 0) is 49.0 Å². The Hall–Kier alpha value is -0.680. The zero-order valence-electron chi connectivity index (χ0n) is 10.8. The SMILES string of the molecule is CC(NC1CCSCC1)c1ccc(C(F)(F)F)cc1. The predicted octanol–water partition coefficient (Wildman–Crippen LogP) is 4.25. The molecule has 1 aromatic rings. The fraction of sp³-hybridized carbons (Fsp3) is 0.571. The molecular weight excluding hydrogens is 271 g/mol. The topological polar surface area (TPSA) is 12.0 Å². The highest BCUT2D eigenvalue weighted by atomic mass is 32.2. The smallest absolute Gasteiger partial charge is 0.307 e. The highest BCUT2D eigenvalue weighted by Gasteiger charge is 2.30. The van der Waals surface area contributed by atoms with Crippen LogP contribution in [0.3, 0.4) is 0 Å². The normalized spacial score (nSPS) is 19.4. The number of thioether (sulfide) groups is 1. The highest BCUT2D eigenvalue weighted by Crippen LogP contribution is 2.30. The van der Waals surface area contributed by atoms with E-state index in [1.54, 1.807) is 12.1 Å². The minimum atomic E-state index is -4.25. The van der Waals surface area contributed by atoms with E-state index in [0.717, 1.165) is 42.0 Å². The summed E-state index contributed by atoms with van der Waals surface area (Å²) in [6.45, 7) is 2.00. The van der Waals surface area contributed by atoms with Crippen LogP contribution in [0.5, 0.6) is 0 Å². The Bertz CT molecular complexity index is 396. The Labute approximate surface area is 116 Å². The van der Waals surface area contributed by atoms with Gasteiger partial charge in [-0.1, -0.05) is 12.1 Å². The van der Waals surface area contributed by atoms with Crippen molar-refractivity contribution in [3.8, 4) is 0 Å². The van der Waals surface area contributed by atoms with Crippen LogP contribution in [0.4, 0.5) is 13.2 Å². The van der Waals surface area contributed by atoms with Gasteiger partial charge in [-0.2, -0.15) is 24.9 Å². The second-order valence-electron chi connectivity index (χ2n) is 4.89. The van der Waals surface area contributed by atoms with Gasteiger partial charge in [-0.25, -0.2) is 0 Å². The maximum Gasteiger partial charge on any atom is 0.416 e. The van der Waals surface area contributed by atoms with Crippen LogP contribution in [0.15, 0.2) is 24.3 Å². The van der Waals surface area contributed by atoms with Crippen LogP contribution < -0.4 is 5.32 Å². The first kappa shape index (κ1) is 14.7. The second-order valence-corrected chi connectivity index (χ2v) is 6.12. The highest BCUT2D eigenvalue weighted by molar-refractivity contribution is 7.99. The molecule has 1 saturated heterocycles. The van der Waals surface area contributed by atoms with Crippen molar-refractivity contribution in [3.63, 3.8) is 0 Å². The summed E-state index contributed by atoms with van der Waals surface area (Å²) in [4.78, 5) is 0. The summed E-state index contributed by atoms with van der Waals surface area (Å²) in [5, 5.41) is 3.50. The molecule has 1 unspecified atom stereocenters. The Morgan fingerprint density at radius 1 is 1.16 bits per heavy atom. The average molecular weight is 289 g/mol. The number of rotatable bonds is 3. The van der Waals surface area contributed by atoms with E-state index in [-0.39, 0.29) is 6.04 Å². The zero-order chi connectivity index (χ0) is 13.9. The first-order chi connectivity index (χ1) is 8.97. The van der Waals surface area contributed by atoms with E-state index in [1.165, 1.54) is 0 Å². The van der Waals surface area contributed by atoms with E-state index in [9.17, 15) is 13.2 Å². The molecule has 2 rings (SSSR count). The number of alkyl halides is 3. The van der Waals surface area contributed by atoms with Crippen molar-refractivity contribution >= 4 is 11.8 Å². The van der Waals surface area contributed by atoms with Crippen LogP contribution in [0.25, 0.3) is 0 Å². The van der Waals surface area contributed by atoms with Gasteiger partial charge in [0, 0.05) is 12.1 Å². The van der Waals surface area contributed by atoms with Crippen LogP contribution in [0, 0.1) is 0 Å².